The number of aromatic nitrogens is 3. The molecule has 2 fully saturated rings. The van der Waals surface area contributed by atoms with Crippen LogP contribution in [0.2, 0.25) is 10.0 Å². The highest BCUT2D eigenvalue weighted by Gasteiger charge is 2.22. The normalized spacial score (nSPS) is 16.7. The maximum atomic E-state index is 15.4. The average Bonchev–Trinajstić information content (AvgIpc) is 3.72. The van der Waals surface area contributed by atoms with E-state index in [1.54, 1.807) is 17.5 Å². The molecule has 1 atom stereocenters. The van der Waals surface area contributed by atoms with Gasteiger partial charge in [0.15, 0.2) is 5.82 Å². The van der Waals surface area contributed by atoms with Crippen molar-refractivity contribution in [3.63, 3.8) is 0 Å². The van der Waals surface area contributed by atoms with Crippen molar-refractivity contribution >= 4 is 62.2 Å². The topological polar surface area (TPSA) is 104 Å². The fourth-order valence-corrected chi connectivity index (χ4v) is 8.23. The van der Waals surface area contributed by atoms with Crippen LogP contribution < -0.4 is 21.3 Å². The van der Waals surface area contributed by atoms with Gasteiger partial charge in [-0.15, -0.1) is 11.3 Å². The lowest BCUT2D eigenvalue weighted by Gasteiger charge is -2.22. The molecule has 7 rings (SSSR count). The van der Waals surface area contributed by atoms with Crippen LogP contribution in [0.5, 0.6) is 0 Å². The largest absolute Gasteiger partial charge is 0.352 e. The van der Waals surface area contributed by atoms with Gasteiger partial charge >= 0.3 is 0 Å². The predicted octanol–water partition coefficient (Wildman–Crippen LogP) is 8.71. The molecule has 8 nitrogen and oxygen atoms in total. The van der Waals surface area contributed by atoms with Crippen molar-refractivity contribution in [3.05, 3.63) is 86.9 Å². The number of hydrogen-bond donors (Lipinski definition) is 4. The van der Waals surface area contributed by atoms with Crippen LogP contribution in [0.3, 0.4) is 0 Å². The molecule has 1 aliphatic heterocycles. The Bertz CT molecular complexity index is 1970. The van der Waals surface area contributed by atoms with E-state index in [9.17, 15) is 4.79 Å². The number of anilines is 2. The van der Waals surface area contributed by atoms with Gasteiger partial charge in [0.25, 0.3) is 0 Å². The molecule has 254 valence electrons. The van der Waals surface area contributed by atoms with E-state index < -0.39 is 5.95 Å². The molecule has 3 aromatic heterocycles. The Labute approximate surface area is 299 Å². The standard InChI is InChI=1S/C37H38Cl2FN7OS/c1-21-17-29(45-36(40)27(21)19-41-18-23-13-14-31(48)44-23)26-11-5-9-24(33(26)38)25-10-6-12-28(34(25)39)46-37-35-30(15-16-42-37)49-32(47-35)20-43-22-7-3-2-4-8-22/h5-6,9-12,15-17,22-23,41,43H,2-4,7-8,13-14,18-20H2,1H3,(H,42,46)(H,44,48). The van der Waals surface area contributed by atoms with E-state index in [1.807, 2.05) is 55.5 Å². The Morgan fingerprint density at radius 1 is 0.959 bits per heavy atom. The summed E-state index contributed by atoms with van der Waals surface area (Å²) in [4.78, 5) is 25.3. The molecule has 4 heterocycles. The number of benzene rings is 2. The Balaban J connectivity index is 1.10. The monoisotopic (exact) mass is 717 g/mol. The SMILES string of the molecule is Cc1cc(-c2cccc(-c3cccc(Nc4nccc5sc(CNC6CCCCC6)nc45)c3Cl)c2Cl)nc(F)c1CNCC1CCC(=O)N1. The summed E-state index contributed by atoms with van der Waals surface area (Å²) in [5, 5.41) is 15.2. The highest BCUT2D eigenvalue weighted by molar-refractivity contribution is 7.18. The minimum absolute atomic E-state index is 0.0558. The van der Waals surface area contributed by atoms with Gasteiger partial charge in [-0.25, -0.2) is 15.0 Å². The van der Waals surface area contributed by atoms with Gasteiger partial charge in [-0.05, 0) is 49.9 Å². The third kappa shape index (κ3) is 7.59. The molecule has 1 aliphatic carbocycles. The van der Waals surface area contributed by atoms with E-state index in [0.717, 1.165) is 39.3 Å². The van der Waals surface area contributed by atoms with Crippen LogP contribution in [0.25, 0.3) is 32.6 Å². The van der Waals surface area contributed by atoms with Crippen molar-refractivity contribution < 1.29 is 9.18 Å². The minimum atomic E-state index is -0.555. The van der Waals surface area contributed by atoms with Crippen molar-refractivity contribution in [1.82, 2.24) is 30.9 Å². The summed E-state index contributed by atoms with van der Waals surface area (Å²) in [6.07, 6.45) is 9.44. The fraction of sp³-hybridized carbons (Fsp3) is 0.351. The smallest absolute Gasteiger partial charge is 0.220 e. The summed E-state index contributed by atoms with van der Waals surface area (Å²) >= 11 is 15.7. The molecule has 5 aromatic rings. The molecule has 0 radical (unpaired) electrons. The molecule has 12 heteroatoms. The lowest BCUT2D eigenvalue weighted by Crippen LogP contribution is -2.35. The third-order valence-corrected chi connectivity index (χ3v) is 11.2. The van der Waals surface area contributed by atoms with E-state index >= 15 is 4.39 Å². The zero-order valence-corrected chi connectivity index (χ0v) is 29.5. The molecule has 2 aliphatic rings. The zero-order valence-electron chi connectivity index (χ0n) is 27.2. The van der Waals surface area contributed by atoms with Gasteiger partial charge < -0.3 is 21.3 Å². The number of hydrogen-bond acceptors (Lipinski definition) is 8. The molecule has 2 aromatic carbocycles. The maximum absolute atomic E-state index is 15.4. The first-order valence-electron chi connectivity index (χ1n) is 16.8. The van der Waals surface area contributed by atoms with Crippen molar-refractivity contribution in [2.24, 2.45) is 0 Å². The Morgan fingerprint density at radius 2 is 1.73 bits per heavy atom. The van der Waals surface area contributed by atoms with Gasteiger partial charge in [0.1, 0.15) is 10.5 Å². The molecule has 49 heavy (non-hydrogen) atoms. The maximum Gasteiger partial charge on any atom is 0.220 e. The molecule has 1 saturated heterocycles. The van der Waals surface area contributed by atoms with Gasteiger partial charge in [0, 0.05) is 66.6 Å². The van der Waals surface area contributed by atoms with Crippen LogP contribution >= 0.6 is 34.5 Å². The Kier molecular flexibility index (Phi) is 10.4. The number of amides is 1. The van der Waals surface area contributed by atoms with Crippen LogP contribution in [0.1, 0.15) is 61.1 Å². The summed E-state index contributed by atoms with van der Waals surface area (Å²) in [6, 6.07) is 15.8. The van der Waals surface area contributed by atoms with Gasteiger partial charge in [0.2, 0.25) is 11.9 Å². The van der Waals surface area contributed by atoms with Crippen molar-refractivity contribution in [3.8, 4) is 22.4 Å². The average molecular weight is 719 g/mol. The minimum Gasteiger partial charge on any atom is -0.352 e. The fourth-order valence-electron chi connectivity index (χ4n) is 6.72. The first kappa shape index (κ1) is 33.8. The second kappa shape index (κ2) is 15.1. The number of nitrogens with zero attached hydrogens (tertiary/aromatic N) is 3. The highest BCUT2D eigenvalue weighted by Crippen LogP contribution is 2.42. The van der Waals surface area contributed by atoms with Crippen LogP contribution in [0.4, 0.5) is 15.9 Å². The Hall–Kier alpha value is -3.67. The van der Waals surface area contributed by atoms with E-state index in [-0.39, 0.29) is 11.9 Å². The first-order valence-corrected chi connectivity index (χ1v) is 18.4. The van der Waals surface area contributed by atoms with E-state index in [4.69, 9.17) is 28.2 Å². The summed E-state index contributed by atoms with van der Waals surface area (Å²) in [5.41, 5.74) is 5.18. The van der Waals surface area contributed by atoms with Crippen molar-refractivity contribution in [2.45, 2.75) is 77.0 Å². The van der Waals surface area contributed by atoms with E-state index in [0.29, 0.717) is 69.5 Å². The first-order chi connectivity index (χ1) is 23.8. The number of rotatable bonds is 11. The van der Waals surface area contributed by atoms with Gasteiger partial charge in [-0.2, -0.15) is 4.39 Å². The summed E-state index contributed by atoms with van der Waals surface area (Å²) in [6.45, 7) is 3.48. The lowest BCUT2D eigenvalue weighted by molar-refractivity contribution is -0.119. The van der Waals surface area contributed by atoms with Crippen LogP contribution in [0, 0.1) is 12.9 Å². The van der Waals surface area contributed by atoms with Crippen molar-refractivity contribution in [1.29, 1.82) is 0 Å². The summed E-state index contributed by atoms with van der Waals surface area (Å²) in [7, 11) is 0. The number of carbonyl (C=O) groups excluding carboxylic acids is 1. The molecule has 0 spiro atoms. The highest BCUT2D eigenvalue weighted by atomic mass is 35.5. The second-order valence-corrected chi connectivity index (χ2v) is 14.7. The molecule has 4 N–H and O–H groups in total. The zero-order chi connectivity index (χ0) is 33.9. The Morgan fingerprint density at radius 3 is 2.51 bits per heavy atom. The number of carbonyl (C=O) groups is 1. The second-order valence-electron chi connectivity index (χ2n) is 12.8. The third-order valence-electron chi connectivity index (χ3n) is 9.39. The number of thiazole rings is 1. The molecule has 1 amide bonds. The number of fused-ring (bicyclic) bond motifs is 1. The number of pyridine rings is 2. The van der Waals surface area contributed by atoms with Crippen molar-refractivity contribution in [2.75, 3.05) is 11.9 Å². The predicted molar refractivity (Wildman–Crippen MR) is 197 cm³/mol. The number of halogens is 3. The lowest BCUT2D eigenvalue weighted by atomic mass is 9.96. The molecular formula is C37H38Cl2FN7OS. The van der Waals surface area contributed by atoms with E-state index in [1.165, 1.54) is 32.1 Å². The molecule has 1 unspecified atom stereocenters. The number of nitrogens with one attached hydrogen (secondary N) is 4. The molecule has 0 bridgehead atoms. The number of aryl methyl sites for hydroxylation is 1. The summed E-state index contributed by atoms with van der Waals surface area (Å²) in [5.74, 6) is 0.134. The van der Waals surface area contributed by atoms with Gasteiger partial charge in [0.05, 0.1) is 26.1 Å². The van der Waals surface area contributed by atoms with Crippen LogP contribution in [-0.2, 0) is 17.9 Å². The van der Waals surface area contributed by atoms with Crippen LogP contribution in [-0.4, -0.2) is 39.5 Å². The van der Waals surface area contributed by atoms with Gasteiger partial charge in [-0.3, -0.25) is 4.79 Å². The van der Waals surface area contributed by atoms with Gasteiger partial charge in [-0.1, -0.05) is 72.8 Å². The molecule has 1 saturated carbocycles. The van der Waals surface area contributed by atoms with Crippen LogP contribution in [0.15, 0.2) is 54.7 Å². The quantitative estimate of drug-likeness (QED) is 0.101. The summed E-state index contributed by atoms with van der Waals surface area (Å²) < 4.78 is 16.4. The van der Waals surface area contributed by atoms with E-state index in [2.05, 4.69) is 31.2 Å². The molecular weight excluding hydrogens is 680 g/mol.